The van der Waals surface area contributed by atoms with Crippen LogP contribution in [0.2, 0.25) is 0 Å². The average molecular weight is 281 g/mol. The first-order valence-corrected chi connectivity index (χ1v) is 6.18. The number of aromatic nitrogens is 3. The lowest BCUT2D eigenvalue weighted by molar-refractivity contribution is 0.0697. The van der Waals surface area contributed by atoms with Gasteiger partial charge in [0.2, 0.25) is 0 Å². The standard InChI is InChI=1S/C15H11N3O3/c19-12-3-1-2-11(8-12)18-14(10-4-6-16-7-5-10)13(9-17-18)15(20)21/h1-9,19H,(H,20,21). The molecule has 0 aliphatic carbocycles. The van der Waals surface area contributed by atoms with Crippen molar-refractivity contribution in [3.63, 3.8) is 0 Å². The highest BCUT2D eigenvalue weighted by atomic mass is 16.4. The number of rotatable bonds is 3. The fourth-order valence-electron chi connectivity index (χ4n) is 2.11. The van der Waals surface area contributed by atoms with Crippen LogP contribution in [0.25, 0.3) is 16.9 Å². The van der Waals surface area contributed by atoms with Crippen molar-refractivity contribution in [2.24, 2.45) is 0 Å². The monoisotopic (exact) mass is 281 g/mol. The zero-order chi connectivity index (χ0) is 14.8. The Morgan fingerprint density at radius 2 is 1.90 bits per heavy atom. The van der Waals surface area contributed by atoms with Gasteiger partial charge in [-0.3, -0.25) is 4.98 Å². The lowest BCUT2D eigenvalue weighted by Crippen LogP contribution is -2.03. The number of hydrogen-bond acceptors (Lipinski definition) is 4. The van der Waals surface area contributed by atoms with E-state index in [9.17, 15) is 15.0 Å². The number of aromatic carboxylic acids is 1. The minimum Gasteiger partial charge on any atom is -0.508 e. The number of nitrogens with zero attached hydrogens (tertiary/aromatic N) is 3. The van der Waals surface area contributed by atoms with E-state index in [1.165, 1.54) is 23.0 Å². The maximum atomic E-state index is 11.4. The van der Waals surface area contributed by atoms with E-state index in [2.05, 4.69) is 10.1 Å². The molecule has 0 fully saturated rings. The summed E-state index contributed by atoms with van der Waals surface area (Å²) < 4.78 is 1.48. The summed E-state index contributed by atoms with van der Waals surface area (Å²) in [4.78, 5) is 15.3. The Labute approximate surface area is 119 Å². The van der Waals surface area contributed by atoms with E-state index in [4.69, 9.17) is 0 Å². The van der Waals surface area contributed by atoms with Crippen molar-refractivity contribution in [1.29, 1.82) is 0 Å². The van der Waals surface area contributed by atoms with Crippen LogP contribution in [0.15, 0.2) is 55.0 Å². The van der Waals surface area contributed by atoms with Gasteiger partial charge in [0.15, 0.2) is 0 Å². The number of carbonyl (C=O) groups is 1. The van der Waals surface area contributed by atoms with E-state index >= 15 is 0 Å². The van der Waals surface area contributed by atoms with Gasteiger partial charge < -0.3 is 10.2 Å². The fraction of sp³-hybridized carbons (Fsp3) is 0. The second kappa shape index (κ2) is 5.09. The number of hydrogen-bond donors (Lipinski definition) is 2. The molecule has 0 saturated carbocycles. The molecular weight excluding hydrogens is 270 g/mol. The fourth-order valence-corrected chi connectivity index (χ4v) is 2.11. The third kappa shape index (κ3) is 2.34. The molecule has 0 bridgehead atoms. The van der Waals surface area contributed by atoms with Gasteiger partial charge in [0, 0.05) is 24.0 Å². The van der Waals surface area contributed by atoms with Crippen LogP contribution in [-0.4, -0.2) is 30.9 Å². The second-order valence-electron chi connectivity index (χ2n) is 4.38. The summed E-state index contributed by atoms with van der Waals surface area (Å²) in [5.74, 6) is -0.978. The van der Waals surface area contributed by atoms with Gasteiger partial charge in [0.05, 0.1) is 17.6 Å². The molecule has 21 heavy (non-hydrogen) atoms. The molecule has 1 aromatic carbocycles. The van der Waals surface area contributed by atoms with Gasteiger partial charge in [0.1, 0.15) is 11.3 Å². The molecule has 0 aliphatic heterocycles. The Morgan fingerprint density at radius 1 is 1.14 bits per heavy atom. The highest BCUT2D eigenvalue weighted by molar-refractivity contribution is 5.95. The van der Waals surface area contributed by atoms with Crippen LogP contribution in [0.1, 0.15) is 10.4 Å². The molecule has 6 nitrogen and oxygen atoms in total. The maximum absolute atomic E-state index is 11.4. The van der Waals surface area contributed by atoms with Gasteiger partial charge in [-0.05, 0) is 24.3 Å². The third-order valence-corrected chi connectivity index (χ3v) is 3.03. The number of phenolic OH excluding ortho intramolecular Hbond substituents is 1. The van der Waals surface area contributed by atoms with Crippen molar-refractivity contribution in [1.82, 2.24) is 14.8 Å². The number of aromatic hydroxyl groups is 1. The topological polar surface area (TPSA) is 88.2 Å². The molecule has 3 aromatic rings. The molecule has 0 spiro atoms. The zero-order valence-electron chi connectivity index (χ0n) is 10.8. The van der Waals surface area contributed by atoms with E-state index in [1.54, 1.807) is 36.7 Å². The van der Waals surface area contributed by atoms with Gasteiger partial charge in [-0.1, -0.05) is 6.07 Å². The minimum atomic E-state index is -1.06. The van der Waals surface area contributed by atoms with Crippen LogP contribution < -0.4 is 0 Å². The number of phenols is 1. The SMILES string of the molecule is O=C(O)c1cnn(-c2cccc(O)c2)c1-c1ccncc1. The Hall–Kier alpha value is -3.15. The summed E-state index contributed by atoms with van der Waals surface area (Å²) in [7, 11) is 0. The highest BCUT2D eigenvalue weighted by Gasteiger charge is 2.19. The van der Waals surface area contributed by atoms with Crippen molar-refractivity contribution in [3.05, 3.63) is 60.6 Å². The second-order valence-corrected chi connectivity index (χ2v) is 4.38. The molecule has 0 saturated heterocycles. The molecule has 3 rings (SSSR count). The van der Waals surface area contributed by atoms with Crippen LogP contribution in [0.3, 0.4) is 0 Å². The summed E-state index contributed by atoms with van der Waals surface area (Å²) in [6.45, 7) is 0. The molecule has 2 N–H and O–H groups in total. The molecule has 0 radical (unpaired) electrons. The molecule has 2 aromatic heterocycles. The van der Waals surface area contributed by atoms with Gasteiger partial charge in [-0.25, -0.2) is 9.48 Å². The first-order valence-electron chi connectivity index (χ1n) is 6.18. The summed E-state index contributed by atoms with van der Waals surface area (Å²) >= 11 is 0. The Balaban J connectivity index is 2.25. The molecule has 104 valence electrons. The lowest BCUT2D eigenvalue weighted by atomic mass is 10.1. The van der Waals surface area contributed by atoms with Crippen LogP contribution in [-0.2, 0) is 0 Å². The van der Waals surface area contributed by atoms with E-state index in [0.717, 1.165) is 0 Å². The minimum absolute atomic E-state index is 0.0838. The van der Waals surface area contributed by atoms with E-state index in [1.807, 2.05) is 0 Å². The van der Waals surface area contributed by atoms with Gasteiger partial charge in [-0.2, -0.15) is 5.10 Å². The number of carboxylic acid groups (broad SMARTS) is 1. The largest absolute Gasteiger partial charge is 0.508 e. The summed E-state index contributed by atoms with van der Waals surface area (Å²) in [5.41, 5.74) is 1.79. The van der Waals surface area contributed by atoms with E-state index < -0.39 is 5.97 Å². The Kier molecular flexibility index (Phi) is 3.12. The predicted octanol–water partition coefficient (Wildman–Crippen LogP) is 2.34. The zero-order valence-corrected chi connectivity index (χ0v) is 10.8. The highest BCUT2D eigenvalue weighted by Crippen LogP contribution is 2.27. The Bertz CT molecular complexity index is 797. The summed E-state index contributed by atoms with van der Waals surface area (Å²) in [5, 5.41) is 23.0. The van der Waals surface area contributed by atoms with Crippen molar-refractivity contribution < 1.29 is 15.0 Å². The number of benzene rings is 1. The van der Waals surface area contributed by atoms with Crippen molar-refractivity contribution in [2.45, 2.75) is 0 Å². The first kappa shape index (κ1) is 12.9. The molecule has 0 amide bonds. The van der Waals surface area contributed by atoms with Crippen LogP contribution >= 0.6 is 0 Å². The molecule has 6 heteroatoms. The first-order chi connectivity index (χ1) is 10.2. The smallest absolute Gasteiger partial charge is 0.339 e. The molecule has 2 heterocycles. The lowest BCUT2D eigenvalue weighted by Gasteiger charge is -2.09. The normalized spacial score (nSPS) is 10.5. The predicted molar refractivity (Wildman–Crippen MR) is 75.4 cm³/mol. The Morgan fingerprint density at radius 3 is 2.57 bits per heavy atom. The molecular formula is C15H11N3O3. The number of carboxylic acids is 1. The maximum Gasteiger partial charge on any atom is 0.339 e. The van der Waals surface area contributed by atoms with Crippen LogP contribution in [0.5, 0.6) is 5.75 Å². The summed E-state index contributed by atoms with van der Waals surface area (Å²) in [6.07, 6.45) is 4.46. The van der Waals surface area contributed by atoms with Crippen LogP contribution in [0.4, 0.5) is 0 Å². The molecule has 0 atom stereocenters. The van der Waals surface area contributed by atoms with Gasteiger partial charge in [-0.15, -0.1) is 0 Å². The third-order valence-electron chi connectivity index (χ3n) is 3.03. The quantitative estimate of drug-likeness (QED) is 0.769. The average Bonchev–Trinajstić information content (AvgIpc) is 2.93. The van der Waals surface area contributed by atoms with Gasteiger partial charge >= 0.3 is 5.97 Å². The number of pyridine rings is 1. The molecule has 0 aliphatic rings. The van der Waals surface area contributed by atoms with Crippen molar-refractivity contribution in [2.75, 3.05) is 0 Å². The van der Waals surface area contributed by atoms with E-state index in [0.29, 0.717) is 16.9 Å². The van der Waals surface area contributed by atoms with Crippen molar-refractivity contribution >= 4 is 5.97 Å². The molecule has 0 unspecified atom stereocenters. The van der Waals surface area contributed by atoms with Crippen molar-refractivity contribution in [3.8, 4) is 22.7 Å². The summed E-state index contributed by atoms with van der Waals surface area (Å²) in [6, 6.07) is 9.89. The van der Waals surface area contributed by atoms with E-state index in [-0.39, 0.29) is 11.3 Å². The van der Waals surface area contributed by atoms with Gasteiger partial charge in [0.25, 0.3) is 0 Å². The van der Waals surface area contributed by atoms with Crippen LogP contribution in [0, 0.1) is 0 Å².